The van der Waals surface area contributed by atoms with Gasteiger partial charge in [0.05, 0.1) is 11.5 Å². The Bertz CT molecular complexity index is 1070. The Kier molecular flexibility index (Phi) is 6.87. The van der Waals surface area contributed by atoms with Crippen molar-refractivity contribution < 1.29 is 14.5 Å². The maximum absolute atomic E-state index is 12.7. The van der Waals surface area contributed by atoms with Crippen LogP contribution < -0.4 is 4.90 Å². The smallest absolute Gasteiger partial charge is 0.416 e. The second kappa shape index (κ2) is 9.75. The molecule has 3 rings (SSSR count). The summed E-state index contributed by atoms with van der Waals surface area (Å²) in [6.07, 6.45) is 3.31. The molecular formula is C21H20N4O4S. The number of para-hydroxylation sites is 1. The van der Waals surface area contributed by atoms with E-state index in [2.05, 4.69) is 16.5 Å². The number of nitro benzene ring substituents is 1. The Morgan fingerprint density at radius 2 is 2.17 bits per heavy atom. The molecule has 0 aliphatic heterocycles. The van der Waals surface area contributed by atoms with Gasteiger partial charge in [0.2, 0.25) is 0 Å². The highest BCUT2D eigenvalue weighted by atomic mass is 32.1. The lowest BCUT2D eigenvalue weighted by molar-refractivity contribution is -0.385. The van der Waals surface area contributed by atoms with Crippen LogP contribution in [0.1, 0.15) is 18.2 Å². The quantitative estimate of drug-likeness (QED) is 0.286. The third-order valence-electron chi connectivity index (χ3n) is 4.26. The Morgan fingerprint density at radius 3 is 2.90 bits per heavy atom. The van der Waals surface area contributed by atoms with Crippen molar-refractivity contribution in [3.8, 4) is 10.6 Å². The standard InChI is InChI=1S/C21H20N4O4S/c1-3-11-29-21(26)24(13-16-7-5-6-8-18(16)25(27)28)19-14-30-20(23-19)15-9-10-22-17(4-2)12-15/h3,5-10,12,14H,1,4,11,13H2,2H3. The van der Waals surface area contributed by atoms with E-state index < -0.39 is 11.0 Å². The van der Waals surface area contributed by atoms with E-state index in [1.807, 2.05) is 19.1 Å². The third kappa shape index (κ3) is 4.87. The first-order valence-electron chi connectivity index (χ1n) is 9.21. The van der Waals surface area contributed by atoms with E-state index in [-0.39, 0.29) is 18.8 Å². The molecule has 9 heteroatoms. The Labute approximate surface area is 177 Å². The highest BCUT2D eigenvalue weighted by Gasteiger charge is 2.24. The van der Waals surface area contributed by atoms with Crippen LogP contribution in [0.15, 0.2) is 60.6 Å². The molecule has 0 radical (unpaired) electrons. The number of rotatable bonds is 8. The summed E-state index contributed by atoms with van der Waals surface area (Å²) in [5.74, 6) is 0.358. The van der Waals surface area contributed by atoms with Gasteiger partial charge in [-0.2, -0.15) is 0 Å². The molecule has 0 fully saturated rings. The molecule has 8 nitrogen and oxygen atoms in total. The highest BCUT2D eigenvalue weighted by molar-refractivity contribution is 7.13. The summed E-state index contributed by atoms with van der Waals surface area (Å²) < 4.78 is 5.19. The number of nitrogens with zero attached hydrogens (tertiary/aromatic N) is 4. The Morgan fingerprint density at radius 1 is 1.37 bits per heavy atom. The molecule has 0 spiro atoms. The van der Waals surface area contributed by atoms with Crippen molar-refractivity contribution in [3.63, 3.8) is 0 Å². The number of aromatic nitrogens is 2. The second-order valence-corrected chi connectivity index (χ2v) is 7.10. The second-order valence-electron chi connectivity index (χ2n) is 6.24. The van der Waals surface area contributed by atoms with Gasteiger partial charge in [-0.3, -0.25) is 20.0 Å². The number of ether oxygens (including phenoxy) is 1. The SMILES string of the molecule is C=CCOC(=O)N(Cc1ccccc1[N+](=O)[O-])c1csc(-c2ccnc(CC)c2)n1. The number of pyridine rings is 1. The predicted octanol–water partition coefficient (Wildman–Crippen LogP) is 5.00. The van der Waals surface area contributed by atoms with Gasteiger partial charge in [0.15, 0.2) is 0 Å². The first-order chi connectivity index (χ1) is 14.5. The van der Waals surface area contributed by atoms with Crippen LogP contribution in [0.5, 0.6) is 0 Å². The molecule has 2 aromatic heterocycles. The summed E-state index contributed by atoms with van der Waals surface area (Å²) in [7, 11) is 0. The number of carbonyl (C=O) groups is 1. The lowest BCUT2D eigenvalue weighted by Crippen LogP contribution is -2.31. The maximum atomic E-state index is 12.7. The minimum atomic E-state index is -0.658. The summed E-state index contributed by atoms with van der Waals surface area (Å²) in [4.78, 5) is 33.7. The van der Waals surface area contributed by atoms with E-state index in [1.165, 1.54) is 28.4 Å². The fourth-order valence-electron chi connectivity index (χ4n) is 2.77. The molecule has 0 N–H and O–H groups in total. The van der Waals surface area contributed by atoms with Crippen molar-refractivity contribution in [1.29, 1.82) is 0 Å². The summed E-state index contributed by atoms with van der Waals surface area (Å²) in [5, 5.41) is 13.8. The number of benzene rings is 1. The third-order valence-corrected chi connectivity index (χ3v) is 5.14. The van der Waals surface area contributed by atoms with Crippen LogP contribution in [0, 0.1) is 10.1 Å². The van der Waals surface area contributed by atoms with Crippen LogP contribution in [0.25, 0.3) is 10.6 Å². The Balaban J connectivity index is 1.95. The minimum Gasteiger partial charge on any atom is -0.445 e. The number of thiazole rings is 1. The summed E-state index contributed by atoms with van der Waals surface area (Å²) in [5.41, 5.74) is 2.13. The molecule has 30 heavy (non-hydrogen) atoms. The van der Waals surface area contributed by atoms with Crippen LogP contribution >= 0.6 is 11.3 Å². The first-order valence-corrected chi connectivity index (χ1v) is 10.1. The van der Waals surface area contributed by atoms with Gasteiger partial charge in [0, 0.05) is 34.5 Å². The topological polar surface area (TPSA) is 98.5 Å². The average Bonchev–Trinajstić information content (AvgIpc) is 3.26. The van der Waals surface area contributed by atoms with Gasteiger partial charge in [-0.25, -0.2) is 9.78 Å². The van der Waals surface area contributed by atoms with Gasteiger partial charge < -0.3 is 4.74 Å². The number of carbonyl (C=O) groups excluding carboxylic acids is 1. The molecule has 0 bridgehead atoms. The molecule has 3 aromatic rings. The molecule has 1 aromatic carbocycles. The predicted molar refractivity (Wildman–Crippen MR) is 116 cm³/mol. The average molecular weight is 424 g/mol. The lowest BCUT2D eigenvalue weighted by atomic mass is 10.1. The van der Waals surface area contributed by atoms with E-state index in [1.54, 1.807) is 29.8 Å². The molecule has 2 heterocycles. The van der Waals surface area contributed by atoms with Crippen LogP contribution in [0.4, 0.5) is 16.3 Å². The van der Waals surface area contributed by atoms with Crippen LogP contribution in [-0.4, -0.2) is 27.6 Å². The normalized spacial score (nSPS) is 10.4. The van der Waals surface area contributed by atoms with Crippen molar-refractivity contribution in [1.82, 2.24) is 9.97 Å². The summed E-state index contributed by atoms with van der Waals surface area (Å²) >= 11 is 1.37. The van der Waals surface area contributed by atoms with Crippen molar-refractivity contribution in [2.75, 3.05) is 11.5 Å². The van der Waals surface area contributed by atoms with Gasteiger partial charge in [0.1, 0.15) is 17.4 Å². The molecule has 0 saturated carbocycles. The largest absolute Gasteiger partial charge is 0.445 e. The first kappa shape index (κ1) is 21.1. The fraction of sp³-hybridized carbons (Fsp3) is 0.190. The number of aryl methyl sites for hydroxylation is 1. The van der Waals surface area contributed by atoms with E-state index in [0.717, 1.165) is 17.7 Å². The van der Waals surface area contributed by atoms with E-state index in [4.69, 9.17) is 4.74 Å². The van der Waals surface area contributed by atoms with Crippen LogP contribution in [-0.2, 0) is 17.7 Å². The monoisotopic (exact) mass is 424 g/mol. The van der Waals surface area contributed by atoms with Crippen molar-refractivity contribution in [2.45, 2.75) is 19.9 Å². The highest BCUT2D eigenvalue weighted by Crippen LogP contribution is 2.30. The number of hydrogen-bond acceptors (Lipinski definition) is 7. The molecule has 0 saturated heterocycles. The van der Waals surface area contributed by atoms with E-state index in [9.17, 15) is 14.9 Å². The maximum Gasteiger partial charge on any atom is 0.416 e. The number of nitro groups is 1. The zero-order valence-electron chi connectivity index (χ0n) is 16.4. The molecule has 1 amide bonds. The minimum absolute atomic E-state index is 0.0213. The zero-order valence-corrected chi connectivity index (χ0v) is 17.2. The molecule has 0 aliphatic rings. The molecule has 154 valence electrons. The Hall–Kier alpha value is -3.59. The van der Waals surface area contributed by atoms with Crippen molar-refractivity contribution in [2.24, 2.45) is 0 Å². The number of anilines is 1. The van der Waals surface area contributed by atoms with Gasteiger partial charge in [0.25, 0.3) is 5.69 Å². The van der Waals surface area contributed by atoms with Crippen molar-refractivity contribution >= 4 is 28.9 Å². The van der Waals surface area contributed by atoms with Gasteiger partial charge in [-0.15, -0.1) is 11.3 Å². The molecule has 0 aliphatic carbocycles. The van der Waals surface area contributed by atoms with E-state index >= 15 is 0 Å². The van der Waals surface area contributed by atoms with Gasteiger partial charge in [-0.05, 0) is 18.6 Å². The molecule has 0 atom stereocenters. The zero-order chi connectivity index (χ0) is 21.5. The van der Waals surface area contributed by atoms with Crippen molar-refractivity contribution in [3.05, 3.63) is 82.0 Å². The summed E-state index contributed by atoms with van der Waals surface area (Å²) in [6.45, 7) is 5.53. The lowest BCUT2D eigenvalue weighted by Gasteiger charge is -2.19. The molecular weight excluding hydrogens is 404 g/mol. The van der Waals surface area contributed by atoms with Gasteiger partial charge in [-0.1, -0.05) is 37.8 Å². The van der Waals surface area contributed by atoms with Crippen LogP contribution in [0.2, 0.25) is 0 Å². The summed E-state index contributed by atoms with van der Waals surface area (Å²) in [6, 6.07) is 10.1. The van der Waals surface area contributed by atoms with E-state index in [0.29, 0.717) is 16.4 Å². The van der Waals surface area contributed by atoms with Gasteiger partial charge >= 0.3 is 6.09 Å². The fourth-order valence-corrected chi connectivity index (χ4v) is 3.57. The number of amides is 1. The number of hydrogen-bond donors (Lipinski definition) is 0. The molecule has 0 unspecified atom stereocenters. The van der Waals surface area contributed by atoms with Crippen LogP contribution in [0.3, 0.4) is 0 Å².